The first-order valence-corrected chi connectivity index (χ1v) is 7.13. The number of hydrogen-bond acceptors (Lipinski definition) is 2. The smallest absolute Gasteiger partial charge is 0.125 e. The number of imidazole rings is 1. The third-order valence-electron chi connectivity index (χ3n) is 3.97. The number of nitrogens with zero attached hydrogens (tertiary/aromatic N) is 3. The zero-order chi connectivity index (χ0) is 13.4. The van der Waals surface area contributed by atoms with Crippen molar-refractivity contribution in [3.63, 3.8) is 0 Å². The average Bonchev–Trinajstić information content (AvgIpc) is 2.94. The van der Waals surface area contributed by atoms with Crippen LogP contribution >= 0.6 is 11.6 Å². The number of rotatable bonds is 3. The fourth-order valence-electron chi connectivity index (χ4n) is 2.88. The zero-order valence-electron chi connectivity index (χ0n) is 10.9. The molecule has 1 aliphatic rings. The SMILES string of the molecule is CN1CCCC1Cn1c(CCl)nc2cc(F)ccc21. The van der Waals surface area contributed by atoms with E-state index in [1.165, 1.54) is 25.0 Å². The molecule has 0 radical (unpaired) electrons. The molecule has 1 fully saturated rings. The van der Waals surface area contributed by atoms with Crippen molar-refractivity contribution in [2.45, 2.75) is 31.3 Å². The summed E-state index contributed by atoms with van der Waals surface area (Å²) in [5.74, 6) is 0.922. The molecule has 1 atom stereocenters. The summed E-state index contributed by atoms with van der Waals surface area (Å²) in [5.41, 5.74) is 1.66. The maximum absolute atomic E-state index is 13.3. The Balaban J connectivity index is 2.00. The zero-order valence-corrected chi connectivity index (χ0v) is 11.7. The Bertz CT molecular complexity index is 596. The minimum atomic E-state index is -0.253. The van der Waals surface area contributed by atoms with Crippen LogP contribution in [0.4, 0.5) is 4.39 Å². The van der Waals surface area contributed by atoms with Crippen LogP contribution in [0.2, 0.25) is 0 Å². The number of fused-ring (bicyclic) bond motifs is 1. The van der Waals surface area contributed by atoms with Gasteiger partial charge in [-0.3, -0.25) is 0 Å². The van der Waals surface area contributed by atoms with E-state index in [-0.39, 0.29) is 5.82 Å². The molecule has 2 heterocycles. The maximum atomic E-state index is 13.3. The van der Waals surface area contributed by atoms with Gasteiger partial charge in [0.15, 0.2) is 0 Å². The van der Waals surface area contributed by atoms with Crippen LogP contribution in [0, 0.1) is 5.82 Å². The summed E-state index contributed by atoms with van der Waals surface area (Å²) in [4.78, 5) is 6.80. The monoisotopic (exact) mass is 281 g/mol. The molecule has 0 spiro atoms. The van der Waals surface area contributed by atoms with Gasteiger partial charge in [0.25, 0.3) is 0 Å². The number of halogens is 2. The number of hydrogen-bond donors (Lipinski definition) is 0. The summed E-state index contributed by atoms with van der Waals surface area (Å²) in [6.07, 6.45) is 2.43. The molecule has 1 aromatic heterocycles. The lowest BCUT2D eigenvalue weighted by atomic mass is 10.2. The second-order valence-corrected chi connectivity index (χ2v) is 5.45. The van der Waals surface area contributed by atoms with Crippen molar-refractivity contribution in [3.8, 4) is 0 Å². The average molecular weight is 282 g/mol. The van der Waals surface area contributed by atoms with E-state index in [9.17, 15) is 4.39 Å². The van der Waals surface area contributed by atoms with Gasteiger partial charge in [-0.1, -0.05) is 0 Å². The summed E-state index contributed by atoms with van der Waals surface area (Å²) >= 11 is 5.97. The van der Waals surface area contributed by atoms with Crippen molar-refractivity contribution in [2.75, 3.05) is 13.6 Å². The van der Waals surface area contributed by atoms with E-state index in [0.717, 1.165) is 24.4 Å². The van der Waals surface area contributed by atoms with Crippen molar-refractivity contribution >= 4 is 22.6 Å². The van der Waals surface area contributed by atoms with Gasteiger partial charge in [-0.05, 0) is 38.6 Å². The fraction of sp³-hybridized carbons (Fsp3) is 0.500. The lowest BCUT2D eigenvalue weighted by Crippen LogP contribution is -2.29. The minimum absolute atomic E-state index is 0.253. The van der Waals surface area contributed by atoms with Crippen molar-refractivity contribution in [2.24, 2.45) is 0 Å². The van der Waals surface area contributed by atoms with E-state index >= 15 is 0 Å². The Kier molecular flexibility index (Phi) is 3.46. The molecule has 0 amide bonds. The van der Waals surface area contributed by atoms with Crippen LogP contribution in [0.25, 0.3) is 11.0 Å². The van der Waals surface area contributed by atoms with Crippen LogP contribution in [-0.4, -0.2) is 34.1 Å². The van der Waals surface area contributed by atoms with Crippen LogP contribution < -0.4 is 0 Å². The van der Waals surface area contributed by atoms with E-state index in [4.69, 9.17) is 11.6 Å². The van der Waals surface area contributed by atoms with Crippen LogP contribution in [0.3, 0.4) is 0 Å². The van der Waals surface area contributed by atoms with E-state index in [2.05, 4.69) is 21.5 Å². The molecular formula is C14H17ClFN3. The Morgan fingerprint density at radius 1 is 1.47 bits per heavy atom. The van der Waals surface area contributed by atoms with Crippen LogP contribution in [0.1, 0.15) is 18.7 Å². The van der Waals surface area contributed by atoms with Gasteiger partial charge < -0.3 is 9.47 Å². The summed E-state index contributed by atoms with van der Waals surface area (Å²) in [6, 6.07) is 5.27. The quantitative estimate of drug-likeness (QED) is 0.807. The molecule has 102 valence electrons. The van der Waals surface area contributed by atoms with Crippen molar-refractivity contribution in [1.29, 1.82) is 0 Å². The molecule has 1 aliphatic heterocycles. The van der Waals surface area contributed by atoms with Gasteiger partial charge in [0.05, 0.1) is 16.9 Å². The third-order valence-corrected chi connectivity index (χ3v) is 4.21. The predicted octanol–water partition coefficient (Wildman–Crippen LogP) is 3.01. The van der Waals surface area contributed by atoms with Gasteiger partial charge in [-0.25, -0.2) is 9.37 Å². The van der Waals surface area contributed by atoms with Gasteiger partial charge in [-0.15, -0.1) is 11.6 Å². The van der Waals surface area contributed by atoms with E-state index in [1.54, 1.807) is 6.07 Å². The molecule has 1 saturated heterocycles. The van der Waals surface area contributed by atoms with Gasteiger partial charge >= 0.3 is 0 Å². The van der Waals surface area contributed by atoms with Crippen molar-refractivity contribution in [3.05, 3.63) is 29.8 Å². The van der Waals surface area contributed by atoms with Crippen LogP contribution in [-0.2, 0) is 12.4 Å². The predicted molar refractivity (Wildman–Crippen MR) is 74.9 cm³/mol. The summed E-state index contributed by atoms with van der Waals surface area (Å²) in [6.45, 7) is 2.02. The minimum Gasteiger partial charge on any atom is -0.325 e. The fourth-order valence-corrected chi connectivity index (χ4v) is 3.08. The highest BCUT2D eigenvalue weighted by Crippen LogP contribution is 2.23. The first kappa shape index (κ1) is 12.9. The molecule has 0 saturated carbocycles. The largest absolute Gasteiger partial charge is 0.325 e. The molecule has 19 heavy (non-hydrogen) atoms. The number of benzene rings is 1. The van der Waals surface area contributed by atoms with Gasteiger partial charge in [0.1, 0.15) is 11.6 Å². The van der Waals surface area contributed by atoms with Crippen LogP contribution in [0.5, 0.6) is 0 Å². The first-order chi connectivity index (χ1) is 9.19. The number of likely N-dealkylation sites (tertiary alicyclic amines) is 1. The number of likely N-dealkylation sites (N-methyl/N-ethyl adjacent to an activating group) is 1. The molecule has 3 nitrogen and oxygen atoms in total. The standard InChI is InChI=1S/C14H17ClFN3/c1-18-6-2-3-11(18)9-19-13-5-4-10(16)7-12(13)17-14(19)8-15/h4-5,7,11H,2-3,6,8-9H2,1H3. The summed E-state index contributed by atoms with van der Waals surface area (Å²) in [5, 5.41) is 0. The lowest BCUT2D eigenvalue weighted by molar-refractivity contribution is 0.282. The molecule has 1 unspecified atom stereocenters. The van der Waals surface area contributed by atoms with E-state index in [1.807, 2.05) is 0 Å². The van der Waals surface area contributed by atoms with Gasteiger partial charge in [0.2, 0.25) is 0 Å². The van der Waals surface area contributed by atoms with Crippen LogP contribution in [0.15, 0.2) is 18.2 Å². The molecule has 1 aromatic carbocycles. The molecule has 3 rings (SSSR count). The molecular weight excluding hydrogens is 265 g/mol. The Morgan fingerprint density at radius 3 is 3.00 bits per heavy atom. The highest BCUT2D eigenvalue weighted by molar-refractivity contribution is 6.16. The maximum Gasteiger partial charge on any atom is 0.125 e. The molecule has 2 aromatic rings. The number of aromatic nitrogens is 2. The van der Waals surface area contributed by atoms with E-state index < -0.39 is 0 Å². The Labute approximate surface area is 117 Å². The normalized spacial score (nSPS) is 20.5. The van der Waals surface area contributed by atoms with Crippen molar-refractivity contribution in [1.82, 2.24) is 14.5 Å². The number of alkyl halides is 1. The summed E-state index contributed by atoms with van der Waals surface area (Å²) < 4.78 is 15.4. The summed E-state index contributed by atoms with van der Waals surface area (Å²) in [7, 11) is 2.15. The topological polar surface area (TPSA) is 21.1 Å². The van der Waals surface area contributed by atoms with Gasteiger partial charge in [-0.2, -0.15) is 0 Å². The Morgan fingerprint density at radius 2 is 2.32 bits per heavy atom. The molecule has 5 heteroatoms. The molecule has 0 aliphatic carbocycles. The van der Waals surface area contributed by atoms with Gasteiger partial charge in [0, 0.05) is 18.7 Å². The highest BCUT2D eigenvalue weighted by atomic mass is 35.5. The van der Waals surface area contributed by atoms with Crippen molar-refractivity contribution < 1.29 is 4.39 Å². The first-order valence-electron chi connectivity index (χ1n) is 6.60. The second kappa shape index (κ2) is 5.10. The highest BCUT2D eigenvalue weighted by Gasteiger charge is 2.23. The lowest BCUT2D eigenvalue weighted by Gasteiger charge is -2.21. The third kappa shape index (κ3) is 2.35. The second-order valence-electron chi connectivity index (χ2n) is 5.18. The Hall–Kier alpha value is -1.13. The molecule has 0 N–H and O–H groups in total. The molecule has 0 bridgehead atoms. The van der Waals surface area contributed by atoms with E-state index in [0.29, 0.717) is 17.4 Å².